The summed E-state index contributed by atoms with van der Waals surface area (Å²) in [7, 11) is 0. The van der Waals surface area contributed by atoms with Crippen LogP contribution in [0.4, 0.5) is 0 Å². The molecule has 0 fully saturated rings. The third-order valence-corrected chi connectivity index (χ3v) is 2.69. The Morgan fingerprint density at radius 1 is 1.27 bits per heavy atom. The summed E-state index contributed by atoms with van der Waals surface area (Å²) >= 11 is 0. The van der Waals surface area contributed by atoms with Gasteiger partial charge < -0.3 is 5.73 Å². The molecule has 0 unspecified atom stereocenters. The fourth-order valence-electron chi connectivity index (χ4n) is 1.52. The van der Waals surface area contributed by atoms with Crippen LogP contribution in [0.25, 0.3) is 6.08 Å². The first-order valence-electron chi connectivity index (χ1n) is 5.66. The van der Waals surface area contributed by atoms with Crippen LogP contribution >= 0.6 is 0 Å². The standard InChI is InChI=1S/C14H21N/c1-4-12(10-15)9-13-5-7-14(8-6-13)11(2)3/h5-9,11H,4,10,15H2,1-3H3. The van der Waals surface area contributed by atoms with Gasteiger partial charge >= 0.3 is 0 Å². The van der Waals surface area contributed by atoms with Crippen molar-refractivity contribution in [1.29, 1.82) is 0 Å². The van der Waals surface area contributed by atoms with Crippen LogP contribution < -0.4 is 5.73 Å². The van der Waals surface area contributed by atoms with Crippen LogP contribution in [-0.4, -0.2) is 6.54 Å². The molecule has 1 aromatic rings. The Bertz CT molecular complexity index is 314. The average Bonchev–Trinajstić information content (AvgIpc) is 2.26. The zero-order valence-corrected chi connectivity index (χ0v) is 9.96. The van der Waals surface area contributed by atoms with Gasteiger partial charge in [-0.3, -0.25) is 0 Å². The first-order valence-corrected chi connectivity index (χ1v) is 5.66. The maximum Gasteiger partial charge on any atom is 0.0140 e. The normalized spacial score (nSPS) is 12.2. The Morgan fingerprint density at radius 2 is 1.87 bits per heavy atom. The summed E-state index contributed by atoms with van der Waals surface area (Å²) in [6.07, 6.45) is 3.21. The van der Waals surface area contributed by atoms with Crippen molar-refractivity contribution in [3.8, 4) is 0 Å². The molecule has 2 N–H and O–H groups in total. The number of rotatable bonds is 4. The first kappa shape index (κ1) is 12.0. The Balaban J connectivity index is 2.84. The van der Waals surface area contributed by atoms with Crippen molar-refractivity contribution >= 4 is 6.08 Å². The zero-order valence-electron chi connectivity index (χ0n) is 9.96. The van der Waals surface area contributed by atoms with E-state index in [-0.39, 0.29) is 0 Å². The predicted molar refractivity (Wildman–Crippen MR) is 67.9 cm³/mol. The molecule has 0 aliphatic rings. The average molecular weight is 203 g/mol. The van der Waals surface area contributed by atoms with Crippen LogP contribution in [-0.2, 0) is 0 Å². The van der Waals surface area contributed by atoms with Gasteiger partial charge in [0.2, 0.25) is 0 Å². The van der Waals surface area contributed by atoms with Gasteiger partial charge in [-0.2, -0.15) is 0 Å². The lowest BCUT2D eigenvalue weighted by atomic mass is 10.0. The molecule has 15 heavy (non-hydrogen) atoms. The predicted octanol–water partition coefficient (Wildman–Crippen LogP) is 3.56. The third-order valence-electron chi connectivity index (χ3n) is 2.69. The van der Waals surface area contributed by atoms with Crippen molar-refractivity contribution < 1.29 is 0 Å². The molecule has 0 radical (unpaired) electrons. The smallest absolute Gasteiger partial charge is 0.0140 e. The van der Waals surface area contributed by atoms with Crippen LogP contribution in [0.2, 0.25) is 0 Å². The van der Waals surface area contributed by atoms with Gasteiger partial charge in [-0.15, -0.1) is 0 Å². The van der Waals surface area contributed by atoms with Gasteiger partial charge in [0.1, 0.15) is 0 Å². The Hall–Kier alpha value is -1.08. The molecule has 0 aliphatic heterocycles. The van der Waals surface area contributed by atoms with E-state index < -0.39 is 0 Å². The number of nitrogens with two attached hydrogens (primary N) is 1. The summed E-state index contributed by atoms with van der Waals surface area (Å²) in [6.45, 7) is 7.22. The maximum atomic E-state index is 5.64. The van der Waals surface area contributed by atoms with Crippen molar-refractivity contribution in [2.75, 3.05) is 6.54 Å². The lowest BCUT2D eigenvalue weighted by molar-refractivity contribution is 0.866. The second kappa shape index (κ2) is 5.72. The van der Waals surface area contributed by atoms with Gasteiger partial charge in [-0.05, 0) is 23.5 Å². The van der Waals surface area contributed by atoms with E-state index in [1.165, 1.54) is 16.7 Å². The minimum atomic E-state index is 0.600. The topological polar surface area (TPSA) is 26.0 Å². The molecular weight excluding hydrogens is 182 g/mol. The molecule has 0 amide bonds. The molecule has 0 saturated heterocycles. The lowest BCUT2D eigenvalue weighted by Gasteiger charge is -2.06. The van der Waals surface area contributed by atoms with Gasteiger partial charge in [-0.25, -0.2) is 0 Å². The summed E-state index contributed by atoms with van der Waals surface area (Å²) in [5.41, 5.74) is 9.58. The van der Waals surface area contributed by atoms with E-state index in [0.717, 1.165) is 6.42 Å². The fraction of sp³-hybridized carbons (Fsp3) is 0.429. The highest BCUT2D eigenvalue weighted by molar-refractivity contribution is 5.53. The van der Waals surface area contributed by atoms with Crippen molar-refractivity contribution in [1.82, 2.24) is 0 Å². The number of benzene rings is 1. The molecule has 82 valence electrons. The minimum absolute atomic E-state index is 0.600. The molecule has 0 saturated carbocycles. The highest BCUT2D eigenvalue weighted by Gasteiger charge is 1.98. The van der Waals surface area contributed by atoms with Crippen LogP contribution in [0, 0.1) is 0 Å². The zero-order chi connectivity index (χ0) is 11.3. The van der Waals surface area contributed by atoms with Crippen molar-refractivity contribution in [3.05, 3.63) is 41.0 Å². The number of hydrogen-bond donors (Lipinski definition) is 1. The second-order valence-electron chi connectivity index (χ2n) is 4.18. The molecule has 0 bridgehead atoms. The highest BCUT2D eigenvalue weighted by atomic mass is 14.5. The number of hydrogen-bond acceptors (Lipinski definition) is 1. The summed E-state index contributed by atoms with van der Waals surface area (Å²) < 4.78 is 0. The SMILES string of the molecule is CCC(=Cc1ccc(C(C)C)cc1)CN. The van der Waals surface area contributed by atoms with Crippen molar-refractivity contribution in [2.24, 2.45) is 5.73 Å². The molecular formula is C14H21N. The molecule has 1 heteroatoms. The summed E-state index contributed by atoms with van der Waals surface area (Å²) in [5, 5.41) is 0. The molecule has 0 spiro atoms. The van der Waals surface area contributed by atoms with Crippen molar-refractivity contribution in [2.45, 2.75) is 33.1 Å². The largest absolute Gasteiger partial charge is 0.327 e. The van der Waals surface area contributed by atoms with Crippen LogP contribution in [0.5, 0.6) is 0 Å². The summed E-state index contributed by atoms with van der Waals surface area (Å²) in [6, 6.07) is 8.72. The molecule has 0 atom stereocenters. The second-order valence-corrected chi connectivity index (χ2v) is 4.18. The van der Waals surface area contributed by atoms with E-state index in [4.69, 9.17) is 5.73 Å². The first-order chi connectivity index (χ1) is 7.17. The van der Waals surface area contributed by atoms with E-state index in [1.54, 1.807) is 0 Å². The van der Waals surface area contributed by atoms with Crippen molar-refractivity contribution in [3.63, 3.8) is 0 Å². The monoisotopic (exact) mass is 203 g/mol. The van der Waals surface area contributed by atoms with E-state index in [2.05, 4.69) is 51.1 Å². The molecule has 1 nitrogen and oxygen atoms in total. The third kappa shape index (κ3) is 3.52. The van der Waals surface area contributed by atoms with Crippen LogP contribution in [0.15, 0.2) is 29.8 Å². The summed E-state index contributed by atoms with van der Waals surface area (Å²) in [5.74, 6) is 0.600. The minimum Gasteiger partial charge on any atom is -0.327 e. The fourth-order valence-corrected chi connectivity index (χ4v) is 1.52. The Morgan fingerprint density at radius 3 is 2.27 bits per heavy atom. The van der Waals surface area contributed by atoms with Gasteiger partial charge in [0.25, 0.3) is 0 Å². The van der Waals surface area contributed by atoms with E-state index >= 15 is 0 Å². The molecule has 0 aromatic heterocycles. The summed E-state index contributed by atoms with van der Waals surface area (Å²) in [4.78, 5) is 0. The molecule has 0 heterocycles. The van der Waals surface area contributed by atoms with Gasteiger partial charge in [0.15, 0.2) is 0 Å². The van der Waals surface area contributed by atoms with Gasteiger partial charge in [-0.1, -0.05) is 56.7 Å². The molecule has 1 aromatic carbocycles. The Kier molecular flexibility index (Phi) is 4.57. The lowest BCUT2D eigenvalue weighted by Crippen LogP contribution is -2.01. The maximum absolute atomic E-state index is 5.64. The van der Waals surface area contributed by atoms with Crippen LogP contribution in [0.3, 0.4) is 0 Å². The molecule has 0 aliphatic carbocycles. The highest BCUT2D eigenvalue weighted by Crippen LogP contribution is 2.16. The van der Waals surface area contributed by atoms with Gasteiger partial charge in [0, 0.05) is 6.54 Å². The van der Waals surface area contributed by atoms with Crippen LogP contribution in [0.1, 0.15) is 44.2 Å². The van der Waals surface area contributed by atoms with E-state index in [9.17, 15) is 0 Å². The van der Waals surface area contributed by atoms with E-state index in [0.29, 0.717) is 12.5 Å². The molecule has 1 rings (SSSR count). The van der Waals surface area contributed by atoms with E-state index in [1.807, 2.05) is 0 Å². The quantitative estimate of drug-likeness (QED) is 0.795. The van der Waals surface area contributed by atoms with Gasteiger partial charge in [0.05, 0.1) is 0 Å². The Labute approximate surface area is 93.0 Å².